The third-order valence-corrected chi connectivity index (χ3v) is 4.85. The Kier molecular flexibility index (Phi) is 3.80. The fourth-order valence-corrected chi connectivity index (χ4v) is 3.58. The van der Waals surface area contributed by atoms with Crippen LogP contribution in [0.25, 0.3) is 44.2 Å². The van der Waals surface area contributed by atoms with Gasteiger partial charge in [0.25, 0.3) is 0 Å². The van der Waals surface area contributed by atoms with Crippen LogP contribution in [0, 0.1) is 0 Å². The zero-order chi connectivity index (χ0) is 18.2. The molecule has 0 atom stereocenters. The quantitative estimate of drug-likeness (QED) is 0.350. The summed E-state index contributed by atoms with van der Waals surface area (Å²) >= 11 is 6.13. The highest BCUT2D eigenvalue weighted by Crippen LogP contribution is 2.31. The van der Waals surface area contributed by atoms with Gasteiger partial charge in [-0.25, -0.2) is 9.97 Å². The molecule has 0 saturated carbocycles. The highest BCUT2D eigenvalue weighted by Gasteiger charge is 2.10. The first-order chi connectivity index (χ1) is 13.3. The van der Waals surface area contributed by atoms with Crippen LogP contribution in [-0.2, 0) is 0 Å². The second-order valence-corrected chi connectivity index (χ2v) is 6.65. The molecule has 2 aromatic heterocycles. The van der Waals surface area contributed by atoms with E-state index in [4.69, 9.17) is 11.6 Å². The molecular weight excluding hydrogens is 354 g/mol. The molecule has 0 bridgehead atoms. The van der Waals surface area contributed by atoms with Gasteiger partial charge in [-0.1, -0.05) is 66.7 Å². The molecule has 0 aliphatic carbocycles. The predicted octanol–water partition coefficient (Wildman–Crippen LogP) is 6.17. The molecule has 4 heteroatoms. The number of fused-ring (bicyclic) bond motifs is 2. The van der Waals surface area contributed by atoms with Crippen LogP contribution in [0.5, 0.6) is 0 Å². The number of rotatable bonds is 2. The fourth-order valence-electron chi connectivity index (χ4n) is 3.40. The number of aromatic nitrogens is 3. The van der Waals surface area contributed by atoms with E-state index in [0.717, 1.165) is 38.8 Å². The van der Waals surface area contributed by atoms with Gasteiger partial charge in [-0.3, -0.25) is 4.98 Å². The monoisotopic (exact) mass is 367 g/mol. The van der Waals surface area contributed by atoms with Gasteiger partial charge in [0.1, 0.15) is 0 Å². The molecule has 3 aromatic carbocycles. The van der Waals surface area contributed by atoms with Crippen LogP contribution in [0.2, 0.25) is 5.28 Å². The fraction of sp³-hybridized carbons (Fsp3) is 0. The summed E-state index contributed by atoms with van der Waals surface area (Å²) in [6.07, 6.45) is 1.85. The maximum absolute atomic E-state index is 6.13. The summed E-state index contributed by atoms with van der Waals surface area (Å²) in [5.41, 5.74) is 4.72. The third kappa shape index (κ3) is 2.82. The molecular formula is C23H14ClN3. The maximum Gasteiger partial charge on any atom is 0.223 e. The molecule has 2 heterocycles. The average Bonchev–Trinajstić information content (AvgIpc) is 2.73. The Hall–Kier alpha value is -3.30. The average molecular weight is 368 g/mol. The van der Waals surface area contributed by atoms with Gasteiger partial charge < -0.3 is 0 Å². The van der Waals surface area contributed by atoms with Crippen LogP contribution in [0.1, 0.15) is 0 Å². The standard InChI is InChI=1S/C23H14ClN3/c24-23-26-20-8-4-3-7-19(20)22(27-23)17-11-9-16(10-12-17)21-18-6-2-1-5-15(18)13-14-25-21/h1-14H. The number of pyridine rings is 1. The summed E-state index contributed by atoms with van der Waals surface area (Å²) in [4.78, 5) is 13.4. The SMILES string of the molecule is Clc1nc(-c2ccc(-c3nccc4ccccc34)cc2)c2ccccc2n1. The van der Waals surface area contributed by atoms with Crippen molar-refractivity contribution in [2.75, 3.05) is 0 Å². The summed E-state index contributed by atoms with van der Waals surface area (Å²) < 4.78 is 0. The second kappa shape index (κ2) is 6.45. The van der Waals surface area contributed by atoms with E-state index in [1.54, 1.807) is 0 Å². The Balaban J connectivity index is 1.64. The van der Waals surface area contributed by atoms with E-state index < -0.39 is 0 Å². The highest BCUT2D eigenvalue weighted by molar-refractivity contribution is 6.28. The lowest BCUT2D eigenvalue weighted by molar-refractivity contribution is 1.22. The Morgan fingerprint density at radius 1 is 0.593 bits per heavy atom. The zero-order valence-electron chi connectivity index (χ0n) is 14.3. The van der Waals surface area contributed by atoms with Crippen LogP contribution in [0.15, 0.2) is 85.1 Å². The maximum atomic E-state index is 6.13. The molecule has 0 saturated heterocycles. The van der Waals surface area contributed by atoms with Crippen molar-refractivity contribution in [1.82, 2.24) is 15.0 Å². The molecule has 0 unspecified atom stereocenters. The molecule has 0 spiro atoms. The second-order valence-electron chi connectivity index (χ2n) is 6.32. The molecule has 27 heavy (non-hydrogen) atoms. The first kappa shape index (κ1) is 15.9. The summed E-state index contributed by atoms with van der Waals surface area (Å²) in [5.74, 6) is 0. The summed E-state index contributed by atoms with van der Waals surface area (Å²) in [6, 6.07) is 26.5. The number of para-hydroxylation sites is 1. The van der Waals surface area contributed by atoms with Crippen molar-refractivity contribution < 1.29 is 0 Å². The number of halogens is 1. The van der Waals surface area contributed by atoms with Crippen molar-refractivity contribution in [3.05, 3.63) is 90.3 Å². The van der Waals surface area contributed by atoms with Crippen molar-refractivity contribution >= 4 is 33.3 Å². The van der Waals surface area contributed by atoms with Gasteiger partial charge in [0, 0.05) is 28.1 Å². The third-order valence-electron chi connectivity index (χ3n) is 4.68. The van der Waals surface area contributed by atoms with E-state index in [9.17, 15) is 0 Å². The number of hydrogen-bond acceptors (Lipinski definition) is 3. The van der Waals surface area contributed by atoms with Gasteiger partial charge >= 0.3 is 0 Å². The topological polar surface area (TPSA) is 38.7 Å². The lowest BCUT2D eigenvalue weighted by atomic mass is 10.0. The minimum Gasteiger partial charge on any atom is -0.256 e. The lowest BCUT2D eigenvalue weighted by Crippen LogP contribution is -1.91. The molecule has 0 amide bonds. The van der Waals surface area contributed by atoms with Crippen molar-refractivity contribution in [3.63, 3.8) is 0 Å². The summed E-state index contributed by atoms with van der Waals surface area (Å²) in [7, 11) is 0. The van der Waals surface area contributed by atoms with E-state index in [1.807, 2.05) is 48.7 Å². The van der Waals surface area contributed by atoms with Gasteiger partial charge in [-0.15, -0.1) is 0 Å². The normalized spacial score (nSPS) is 11.1. The van der Waals surface area contributed by atoms with Crippen LogP contribution in [0.3, 0.4) is 0 Å². The van der Waals surface area contributed by atoms with Crippen molar-refractivity contribution in [2.24, 2.45) is 0 Å². The molecule has 5 aromatic rings. The van der Waals surface area contributed by atoms with Crippen LogP contribution >= 0.6 is 11.6 Å². The van der Waals surface area contributed by atoms with E-state index >= 15 is 0 Å². The molecule has 0 N–H and O–H groups in total. The molecule has 0 fully saturated rings. The first-order valence-electron chi connectivity index (χ1n) is 8.66. The largest absolute Gasteiger partial charge is 0.256 e. The number of hydrogen-bond donors (Lipinski definition) is 0. The Labute approximate surface area is 161 Å². The van der Waals surface area contributed by atoms with Crippen molar-refractivity contribution in [3.8, 4) is 22.5 Å². The zero-order valence-corrected chi connectivity index (χ0v) is 15.1. The first-order valence-corrected chi connectivity index (χ1v) is 9.04. The van der Waals surface area contributed by atoms with E-state index in [1.165, 1.54) is 5.39 Å². The molecule has 0 aliphatic heterocycles. The van der Waals surface area contributed by atoms with Gasteiger partial charge in [0.05, 0.1) is 16.9 Å². The minimum atomic E-state index is 0.253. The van der Waals surface area contributed by atoms with Gasteiger partial charge in [-0.05, 0) is 29.1 Å². The van der Waals surface area contributed by atoms with Crippen molar-refractivity contribution in [1.29, 1.82) is 0 Å². The van der Waals surface area contributed by atoms with E-state index in [-0.39, 0.29) is 5.28 Å². The van der Waals surface area contributed by atoms with E-state index in [0.29, 0.717) is 0 Å². The van der Waals surface area contributed by atoms with Crippen LogP contribution < -0.4 is 0 Å². The molecule has 0 radical (unpaired) electrons. The van der Waals surface area contributed by atoms with E-state index in [2.05, 4.69) is 51.4 Å². The summed E-state index contributed by atoms with van der Waals surface area (Å²) in [6.45, 7) is 0. The van der Waals surface area contributed by atoms with Gasteiger partial charge in [-0.2, -0.15) is 0 Å². The number of benzene rings is 3. The Bertz CT molecular complexity index is 1270. The molecule has 128 valence electrons. The molecule has 5 rings (SSSR count). The van der Waals surface area contributed by atoms with Crippen molar-refractivity contribution in [2.45, 2.75) is 0 Å². The summed E-state index contributed by atoms with van der Waals surface area (Å²) in [5, 5.41) is 3.56. The highest BCUT2D eigenvalue weighted by atomic mass is 35.5. The minimum absolute atomic E-state index is 0.253. The Morgan fingerprint density at radius 2 is 1.26 bits per heavy atom. The predicted molar refractivity (Wildman–Crippen MR) is 111 cm³/mol. The molecule has 0 aliphatic rings. The van der Waals surface area contributed by atoms with Crippen LogP contribution in [0.4, 0.5) is 0 Å². The lowest BCUT2D eigenvalue weighted by Gasteiger charge is -2.09. The van der Waals surface area contributed by atoms with Gasteiger partial charge in [0.15, 0.2) is 0 Å². The van der Waals surface area contributed by atoms with Gasteiger partial charge in [0.2, 0.25) is 5.28 Å². The van der Waals surface area contributed by atoms with Crippen LogP contribution in [-0.4, -0.2) is 15.0 Å². The smallest absolute Gasteiger partial charge is 0.223 e. The number of nitrogens with zero attached hydrogens (tertiary/aromatic N) is 3. The Morgan fingerprint density at radius 3 is 2.07 bits per heavy atom. The molecule has 3 nitrogen and oxygen atoms in total.